The molecule has 2 aromatic rings. The first-order valence-corrected chi connectivity index (χ1v) is 8.40. The van der Waals surface area contributed by atoms with Crippen molar-refractivity contribution in [2.75, 3.05) is 26.1 Å². The van der Waals surface area contributed by atoms with E-state index >= 15 is 0 Å². The van der Waals surface area contributed by atoms with E-state index in [9.17, 15) is 9.18 Å². The molecular formula is C20H25FN2O3. The molecule has 0 aliphatic heterocycles. The molecular weight excluding hydrogens is 335 g/mol. The van der Waals surface area contributed by atoms with Crippen LogP contribution in [0.15, 0.2) is 42.5 Å². The molecule has 5 nitrogen and oxygen atoms in total. The Morgan fingerprint density at radius 3 is 2.50 bits per heavy atom. The quantitative estimate of drug-likeness (QED) is 0.805. The summed E-state index contributed by atoms with van der Waals surface area (Å²) in [6.07, 6.45) is 0. The Hall–Kier alpha value is -2.60. The molecule has 0 aliphatic rings. The fourth-order valence-electron chi connectivity index (χ4n) is 2.65. The van der Waals surface area contributed by atoms with Gasteiger partial charge in [-0.15, -0.1) is 0 Å². The molecule has 2 amide bonds. The number of urea groups is 1. The molecule has 0 bridgehead atoms. The first-order chi connectivity index (χ1) is 12.4. The van der Waals surface area contributed by atoms with Gasteiger partial charge in [0.1, 0.15) is 11.6 Å². The number of carbonyl (C=O) groups is 1. The van der Waals surface area contributed by atoms with Crippen molar-refractivity contribution in [2.45, 2.75) is 26.4 Å². The van der Waals surface area contributed by atoms with Crippen molar-refractivity contribution in [1.29, 1.82) is 0 Å². The largest absolute Gasteiger partial charge is 0.495 e. The number of rotatable bonds is 7. The van der Waals surface area contributed by atoms with Crippen molar-refractivity contribution in [1.82, 2.24) is 4.90 Å². The average Bonchev–Trinajstić information content (AvgIpc) is 2.61. The summed E-state index contributed by atoms with van der Waals surface area (Å²) in [4.78, 5) is 14.6. The molecule has 0 fully saturated rings. The normalized spacial score (nSPS) is 11.7. The first-order valence-electron chi connectivity index (χ1n) is 8.40. The zero-order valence-electron chi connectivity index (χ0n) is 15.6. The van der Waals surface area contributed by atoms with Crippen LogP contribution in [0.2, 0.25) is 0 Å². The van der Waals surface area contributed by atoms with Gasteiger partial charge in [0, 0.05) is 13.7 Å². The summed E-state index contributed by atoms with van der Waals surface area (Å²) < 4.78 is 23.7. The summed E-state index contributed by atoms with van der Waals surface area (Å²) in [6, 6.07) is 11.3. The van der Waals surface area contributed by atoms with Gasteiger partial charge in [-0.05, 0) is 49.2 Å². The summed E-state index contributed by atoms with van der Waals surface area (Å²) in [7, 11) is 3.15. The lowest BCUT2D eigenvalue weighted by atomic mass is 10.2. The van der Waals surface area contributed by atoms with Crippen LogP contribution in [0.3, 0.4) is 0 Å². The molecule has 1 N–H and O–H groups in total. The highest BCUT2D eigenvalue weighted by atomic mass is 19.1. The minimum absolute atomic E-state index is 0.166. The number of amides is 2. The maximum atomic E-state index is 13.1. The Bertz CT molecular complexity index is 734. The molecule has 0 aliphatic carbocycles. The number of benzene rings is 2. The van der Waals surface area contributed by atoms with Crippen LogP contribution < -0.4 is 10.1 Å². The van der Waals surface area contributed by atoms with E-state index < -0.39 is 0 Å². The Morgan fingerprint density at radius 1 is 1.19 bits per heavy atom. The number of nitrogens with zero attached hydrogens (tertiary/aromatic N) is 1. The van der Waals surface area contributed by atoms with E-state index in [4.69, 9.17) is 9.47 Å². The highest BCUT2D eigenvalue weighted by Gasteiger charge is 2.21. The molecule has 1 atom stereocenters. The van der Waals surface area contributed by atoms with Crippen LogP contribution in [0.25, 0.3) is 0 Å². The number of halogens is 1. The third-order valence-electron chi connectivity index (χ3n) is 4.06. The molecule has 0 unspecified atom stereocenters. The second-order valence-electron chi connectivity index (χ2n) is 6.19. The second kappa shape index (κ2) is 9.20. The van der Waals surface area contributed by atoms with Crippen LogP contribution in [0.5, 0.6) is 5.75 Å². The van der Waals surface area contributed by atoms with Gasteiger partial charge in [-0.3, -0.25) is 0 Å². The topological polar surface area (TPSA) is 50.8 Å². The first kappa shape index (κ1) is 19.7. The maximum absolute atomic E-state index is 13.1. The lowest BCUT2D eigenvalue weighted by Crippen LogP contribution is -2.43. The number of hydrogen-bond donors (Lipinski definition) is 1. The fourth-order valence-corrected chi connectivity index (χ4v) is 2.65. The van der Waals surface area contributed by atoms with Gasteiger partial charge in [-0.25, -0.2) is 9.18 Å². The molecule has 0 heterocycles. The molecule has 140 valence electrons. The van der Waals surface area contributed by atoms with Crippen molar-refractivity contribution < 1.29 is 18.7 Å². The third kappa shape index (κ3) is 5.20. The molecule has 0 saturated heterocycles. The maximum Gasteiger partial charge on any atom is 0.322 e. The van der Waals surface area contributed by atoms with Crippen LogP contribution in [-0.4, -0.2) is 37.8 Å². The summed E-state index contributed by atoms with van der Waals surface area (Å²) in [5, 5.41) is 2.91. The predicted molar refractivity (Wildman–Crippen MR) is 100 cm³/mol. The standard InChI is InChI=1S/C20H25FN2O3/c1-14-5-10-19(26-4)18(11-14)22-20(24)23(15(2)13-25-3)12-16-6-8-17(21)9-7-16/h5-11,15H,12-13H2,1-4H3,(H,22,24)/t15-/m0/s1. The fraction of sp³-hybridized carbons (Fsp3) is 0.350. The summed E-state index contributed by atoms with van der Waals surface area (Å²) >= 11 is 0. The molecule has 26 heavy (non-hydrogen) atoms. The summed E-state index contributed by atoms with van der Waals surface area (Å²) in [6.45, 7) is 4.57. The van der Waals surface area contributed by atoms with Crippen LogP contribution >= 0.6 is 0 Å². The van der Waals surface area contributed by atoms with Crippen molar-refractivity contribution >= 4 is 11.7 Å². The Morgan fingerprint density at radius 2 is 1.88 bits per heavy atom. The van der Waals surface area contributed by atoms with Gasteiger partial charge in [0.2, 0.25) is 0 Å². The van der Waals surface area contributed by atoms with E-state index in [1.807, 2.05) is 32.0 Å². The highest BCUT2D eigenvalue weighted by molar-refractivity contribution is 5.91. The number of nitrogens with one attached hydrogen (secondary N) is 1. The molecule has 2 rings (SSSR count). The van der Waals surface area contributed by atoms with Crippen molar-refractivity contribution in [3.63, 3.8) is 0 Å². The van der Waals surface area contributed by atoms with E-state index in [2.05, 4.69) is 5.32 Å². The van der Waals surface area contributed by atoms with Crippen molar-refractivity contribution in [2.24, 2.45) is 0 Å². The smallest absolute Gasteiger partial charge is 0.322 e. The molecule has 0 radical (unpaired) electrons. The zero-order valence-corrected chi connectivity index (χ0v) is 15.6. The molecule has 6 heteroatoms. The summed E-state index contributed by atoms with van der Waals surface area (Å²) in [5.74, 6) is 0.282. The van der Waals surface area contributed by atoms with Gasteiger partial charge in [0.15, 0.2) is 0 Å². The van der Waals surface area contributed by atoms with E-state index in [-0.39, 0.29) is 17.9 Å². The number of anilines is 1. The van der Waals surface area contributed by atoms with Gasteiger partial charge in [-0.2, -0.15) is 0 Å². The second-order valence-corrected chi connectivity index (χ2v) is 6.19. The van der Waals surface area contributed by atoms with Crippen molar-refractivity contribution in [3.8, 4) is 5.75 Å². The monoisotopic (exact) mass is 360 g/mol. The van der Waals surface area contributed by atoms with Gasteiger partial charge in [-0.1, -0.05) is 18.2 Å². The van der Waals surface area contributed by atoms with Crippen LogP contribution in [-0.2, 0) is 11.3 Å². The minimum atomic E-state index is -0.306. The third-order valence-corrected chi connectivity index (χ3v) is 4.06. The number of methoxy groups -OCH3 is 2. The molecule has 2 aromatic carbocycles. The van der Waals surface area contributed by atoms with E-state index in [1.54, 1.807) is 31.3 Å². The summed E-state index contributed by atoms with van der Waals surface area (Å²) in [5.41, 5.74) is 2.45. The van der Waals surface area contributed by atoms with E-state index in [0.29, 0.717) is 24.6 Å². The van der Waals surface area contributed by atoms with Crippen molar-refractivity contribution in [3.05, 3.63) is 59.4 Å². The van der Waals surface area contributed by atoms with Gasteiger partial charge in [0.05, 0.1) is 25.4 Å². The van der Waals surface area contributed by atoms with E-state index in [0.717, 1.165) is 11.1 Å². The van der Waals surface area contributed by atoms with Crippen LogP contribution in [0, 0.1) is 12.7 Å². The lowest BCUT2D eigenvalue weighted by molar-refractivity contribution is 0.113. The predicted octanol–water partition coefficient (Wildman–Crippen LogP) is 4.21. The molecule has 0 saturated carbocycles. The van der Waals surface area contributed by atoms with E-state index in [1.165, 1.54) is 12.1 Å². The van der Waals surface area contributed by atoms with Gasteiger partial charge >= 0.3 is 6.03 Å². The van der Waals surface area contributed by atoms with Gasteiger partial charge < -0.3 is 19.7 Å². The number of carbonyl (C=O) groups excluding carboxylic acids is 1. The van der Waals surface area contributed by atoms with Crippen LogP contribution in [0.4, 0.5) is 14.9 Å². The number of aryl methyl sites for hydroxylation is 1. The van der Waals surface area contributed by atoms with Gasteiger partial charge in [0.25, 0.3) is 0 Å². The Kier molecular flexibility index (Phi) is 6.97. The Labute approximate surface area is 153 Å². The molecule has 0 aromatic heterocycles. The SMILES string of the molecule is COC[C@H](C)N(Cc1ccc(F)cc1)C(=O)Nc1cc(C)ccc1OC. The molecule has 0 spiro atoms. The minimum Gasteiger partial charge on any atom is -0.495 e. The number of ether oxygens (including phenoxy) is 2. The van der Waals surface area contributed by atoms with Crippen LogP contribution in [0.1, 0.15) is 18.1 Å². The lowest BCUT2D eigenvalue weighted by Gasteiger charge is -2.29. The Balaban J connectivity index is 2.22. The highest BCUT2D eigenvalue weighted by Crippen LogP contribution is 2.26. The zero-order chi connectivity index (χ0) is 19.1. The average molecular weight is 360 g/mol. The number of hydrogen-bond acceptors (Lipinski definition) is 3.